The molecule has 4 N–H and O–H groups in total. The van der Waals surface area contributed by atoms with Crippen molar-refractivity contribution in [3.63, 3.8) is 0 Å². The Hall–Kier alpha value is -2.86. The van der Waals surface area contributed by atoms with E-state index >= 15 is 0 Å². The van der Waals surface area contributed by atoms with Crippen LogP contribution in [0.25, 0.3) is 11.1 Å². The second-order valence-corrected chi connectivity index (χ2v) is 6.03. The summed E-state index contributed by atoms with van der Waals surface area (Å²) in [4.78, 5) is 14.2. The number of nitrogens with two attached hydrogens (primary N) is 2. The fourth-order valence-electron chi connectivity index (χ4n) is 2.70. The normalized spacial score (nSPS) is 16.5. The highest BCUT2D eigenvalue weighted by molar-refractivity contribution is 5.95. The molecule has 6 heteroatoms. The molecule has 1 aliphatic heterocycles. The molecule has 0 radical (unpaired) electrons. The molecule has 0 amide bonds. The number of rotatable bonds is 4. The zero-order valence-corrected chi connectivity index (χ0v) is 13.8. The maximum atomic E-state index is 5.95. The molecule has 0 fully saturated rings. The minimum atomic E-state index is -0.711. The van der Waals surface area contributed by atoms with E-state index in [0.717, 1.165) is 16.7 Å². The van der Waals surface area contributed by atoms with E-state index in [-0.39, 0.29) is 11.9 Å². The standard InChI is InChI=1S/C18H21N5O/c1-18(2)22-16(19)21-17(20)23(18)24-12-14-10-6-7-11-15(14)13-8-4-3-5-9-13/h3-11H,12H2,1-2H3,(H4,19,20,21,22). The number of nitrogens with zero attached hydrogens (tertiary/aromatic N) is 3. The third-order valence-corrected chi connectivity index (χ3v) is 3.77. The molecule has 24 heavy (non-hydrogen) atoms. The van der Waals surface area contributed by atoms with Crippen molar-refractivity contribution in [2.45, 2.75) is 26.1 Å². The molecular formula is C18H21N5O. The largest absolute Gasteiger partial charge is 0.368 e. The van der Waals surface area contributed by atoms with E-state index in [1.54, 1.807) is 0 Å². The summed E-state index contributed by atoms with van der Waals surface area (Å²) >= 11 is 0. The predicted octanol–water partition coefficient (Wildman–Crippen LogP) is 2.47. The van der Waals surface area contributed by atoms with Gasteiger partial charge in [-0.2, -0.15) is 10.1 Å². The van der Waals surface area contributed by atoms with Gasteiger partial charge in [0.05, 0.1) is 0 Å². The van der Waals surface area contributed by atoms with Crippen molar-refractivity contribution in [2.24, 2.45) is 21.5 Å². The monoisotopic (exact) mass is 323 g/mol. The van der Waals surface area contributed by atoms with Crippen LogP contribution in [0.1, 0.15) is 19.4 Å². The van der Waals surface area contributed by atoms with Crippen LogP contribution >= 0.6 is 0 Å². The zero-order chi connectivity index (χ0) is 17.2. The summed E-state index contributed by atoms with van der Waals surface area (Å²) in [7, 11) is 0. The highest BCUT2D eigenvalue weighted by Crippen LogP contribution is 2.26. The maximum Gasteiger partial charge on any atom is 0.226 e. The van der Waals surface area contributed by atoms with E-state index < -0.39 is 5.66 Å². The average molecular weight is 323 g/mol. The van der Waals surface area contributed by atoms with Gasteiger partial charge in [0.15, 0.2) is 5.66 Å². The molecule has 0 atom stereocenters. The van der Waals surface area contributed by atoms with Crippen LogP contribution in [0.3, 0.4) is 0 Å². The summed E-state index contributed by atoms with van der Waals surface area (Å²) in [5, 5.41) is 1.49. The van der Waals surface area contributed by atoms with Gasteiger partial charge in [0, 0.05) is 0 Å². The summed E-state index contributed by atoms with van der Waals surface area (Å²) in [6.45, 7) is 4.08. The Morgan fingerprint density at radius 3 is 2.38 bits per heavy atom. The van der Waals surface area contributed by atoms with Crippen LogP contribution in [-0.4, -0.2) is 22.6 Å². The molecule has 6 nitrogen and oxygen atoms in total. The third kappa shape index (κ3) is 3.23. The van der Waals surface area contributed by atoms with E-state index in [1.807, 2.05) is 50.2 Å². The molecule has 2 aromatic rings. The van der Waals surface area contributed by atoms with Gasteiger partial charge in [-0.1, -0.05) is 54.6 Å². The zero-order valence-electron chi connectivity index (χ0n) is 13.8. The van der Waals surface area contributed by atoms with E-state index in [0.29, 0.717) is 6.61 Å². The third-order valence-electron chi connectivity index (χ3n) is 3.77. The summed E-state index contributed by atoms with van der Waals surface area (Å²) < 4.78 is 0. The first-order valence-electron chi connectivity index (χ1n) is 7.73. The van der Waals surface area contributed by atoms with E-state index in [4.69, 9.17) is 16.3 Å². The minimum absolute atomic E-state index is 0.155. The van der Waals surface area contributed by atoms with Crippen molar-refractivity contribution in [1.82, 2.24) is 5.06 Å². The van der Waals surface area contributed by atoms with Crippen molar-refractivity contribution in [3.8, 4) is 11.1 Å². The molecule has 2 aromatic carbocycles. The molecule has 3 rings (SSSR count). The smallest absolute Gasteiger partial charge is 0.226 e. The summed E-state index contributed by atoms with van der Waals surface area (Å²) in [6, 6.07) is 18.3. The summed E-state index contributed by atoms with van der Waals surface area (Å²) in [5.74, 6) is 0.353. The van der Waals surface area contributed by atoms with Gasteiger partial charge < -0.3 is 11.5 Å². The van der Waals surface area contributed by atoms with Crippen molar-refractivity contribution >= 4 is 11.9 Å². The van der Waals surface area contributed by atoms with Crippen LogP contribution in [0.15, 0.2) is 64.6 Å². The Balaban J connectivity index is 1.82. The molecule has 0 aromatic heterocycles. The Labute approximate surface area is 141 Å². The molecule has 124 valence electrons. The van der Waals surface area contributed by atoms with Crippen LogP contribution in [0.4, 0.5) is 0 Å². The average Bonchev–Trinajstić information content (AvgIpc) is 2.54. The van der Waals surface area contributed by atoms with E-state index in [1.165, 1.54) is 5.06 Å². The molecule has 0 bridgehead atoms. The lowest BCUT2D eigenvalue weighted by Gasteiger charge is -2.36. The number of hydrogen-bond donors (Lipinski definition) is 2. The number of aliphatic imine (C=N–C) groups is 2. The van der Waals surface area contributed by atoms with Crippen LogP contribution < -0.4 is 11.5 Å². The van der Waals surface area contributed by atoms with Gasteiger partial charge in [0.25, 0.3) is 0 Å². The van der Waals surface area contributed by atoms with Gasteiger partial charge >= 0.3 is 0 Å². The Morgan fingerprint density at radius 1 is 1.00 bits per heavy atom. The molecule has 0 saturated heterocycles. The van der Waals surface area contributed by atoms with Crippen LogP contribution in [0.5, 0.6) is 0 Å². The van der Waals surface area contributed by atoms with Gasteiger partial charge in [-0.25, -0.2) is 4.99 Å². The molecule has 0 spiro atoms. The van der Waals surface area contributed by atoms with Gasteiger partial charge in [0.1, 0.15) is 6.61 Å². The number of benzene rings is 2. The highest BCUT2D eigenvalue weighted by Gasteiger charge is 2.33. The van der Waals surface area contributed by atoms with Crippen LogP contribution in [0, 0.1) is 0 Å². The first-order chi connectivity index (χ1) is 11.5. The second kappa shape index (κ2) is 6.33. The predicted molar refractivity (Wildman–Crippen MR) is 95.8 cm³/mol. The van der Waals surface area contributed by atoms with Crippen molar-refractivity contribution in [1.29, 1.82) is 0 Å². The Morgan fingerprint density at radius 2 is 1.67 bits per heavy atom. The lowest BCUT2D eigenvalue weighted by atomic mass is 10.0. The number of hydroxylamine groups is 2. The first kappa shape index (κ1) is 16.0. The lowest BCUT2D eigenvalue weighted by Crippen LogP contribution is -2.53. The van der Waals surface area contributed by atoms with Crippen molar-refractivity contribution in [3.05, 3.63) is 60.2 Å². The quantitative estimate of drug-likeness (QED) is 0.904. The minimum Gasteiger partial charge on any atom is -0.368 e. The molecule has 1 heterocycles. The summed E-state index contributed by atoms with van der Waals surface area (Å²) in [6.07, 6.45) is 0. The molecule has 1 aliphatic rings. The topological polar surface area (TPSA) is 89.2 Å². The van der Waals surface area contributed by atoms with Gasteiger partial charge in [0.2, 0.25) is 11.9 Å². The summed E-state index contributed by atoms with van der Waals surface area (Å²) in [5.41, 5.74) is 14.2. The second-order valence-electron chi connectivity index (χ2n) is 6.03. The first-order valence-corrected chi connectivity index (χ1v) is 7.73. The fourth-order valence-corrected chi connectivity index (χ4v) is 2.70. The molecule has 0 aliphatic carbocycles. The van der Waals surface area contributed by atoms with Crippen LogP contribution in [-0.2, 0) is 11.4 Å². The van der Waals surface area contributed by atoms with Crippen LogP contribution in [0.2, 0.25) is 0 Å². The van der Waals surface area contributed by atoms with E-state index in [2.05, 4.69) is 28.2 Å². The van der Waals surface area contributed by atoms with Gasteiger partial charge in [-0.05, 0) is 30.5 Å². The highest BCUT2D eigenvalue weighted by atomic mass is 16.7. The molecular weight excluding hydrogens is 302 g/mol. The van der Waals surface area contributed by atoms with Gasteiger partial charge in [-0.3, -0.25) is 4.84 Å². The molecule has 0 unspecified atom stereocenters. The number of guanidine groups is 2. The van der Waals surface area contributed by atoms with Gasteiger partial charge in [-0.15, -0.1) is 0 Å². The maximum absolute atomic E-state index is 5.95. The van der Waals surface area contributed by atoms with Crippen molar-refractivity contribution in [2.75, 3.05) is 0 Å². The Bertz CT molecular complexity index is 783. The Kier molecular flexibility index (Phi) is 4.22. The molecule has 0 saturated carbocycles. The fraction of sp³-hybridized carbons (Fsp3) is 0.222. The van der Waals surface area contributed by atoms with E-state index in [9.17, 15) is 0 Å². The lowest BCUT2D eigenvalue weighted by molar-refractivity contribution is -0.166. The van der Waals surface area contributed by atoms with Crippen molar-refractivity contribution < 1.29 is 4.84 Å². The number of hydrogen-bond acceptors (Lipinski definition) is 6. The SMILES string of the molecule is CC1(C)N=C(N)N=C(N)N1OCc1ccccc1-c1ccccc1.